The maximum atomic E-state index is 12.2. The average molecular weight is 326 g/mol. The van der Waals surface area contributed by atoms with Gasteiger partial charge in [0.1, 0.15) is 11.8 Å². The molecule has 1 saturated heterocycles. The number of likely N-dealkylation sites (tertiary alicyclic amines) is 1. The molecule has 2 aromatic heterocycles. The van der Waals surface area contributed by atoms with Crippen molar-refractivity contribution in [2.75, 3.05) is 13.1 Å². The topological polar surface area (TPSA) is 74.2 Å². The van der Waals surface area contributed by atoms with Crippen LogP contribution < -0.4 is 5.32 Å². The lowest BCUT2D eigenvalue weighted by Crippen LogP contribution is -2.44. The summed E-state index contributed by atoms with van der Waals surface area (Å²) in [6.45, 7) is 4.24. The first-order chi connectivity index (χ1) is 11.6. The molecule has 6 heteroatoms. The molecule has 0 aromatic carbocycles. The van der Waals surface area contributed by atoms with Crippen LogP contribution in [0.5, 0.6) is 0 Å². The van der Waals surface area contributed by atoms with Gasteiger partial charge in [-0.2, -0.15) is 5.26 Å². The van der Waals surface area contributed by atoms with Crippen molar-refractivity contribution in [2.24, 2.45) is 7.05 Å². The number of hydrogen-bond acceptors (Lipinski definition) is 4. The molecule has 1 N–H and O–H groups in total. The van der Waals surface area contributed by atoms with Crippen molar-refractivity contribution in [3.63, 3.8) is 0 Å². The molecule has 126 valence electrons. The standard InChI is InChI=1S/C18H22N4O2/c1-13-14(10-16(11-19)21(13)2)12-20-15-5-7-22(8-6-15)18(23)17-4-3-9-24-17/h3-4,9-10,15,20H,5-8,12H2,1-2H3. The maximum absolute atomic E-state index is 12.2. The monoisotopic (exact) mass is 326 g/mol. The molecule has 0 radical (unpaired) electrons. The van der Waals surface area contributed by atoms with E-state index in [2.05, 4.69) is 11.4 Å². The Hall–Kier alpha value is -2.52. The molecule has 1 aliphatic rings. The molecule has 0 atom stereocenters. The average Bonchev–Trinajstić information content (AvgIpc) is 3.23. The number of piperidine rings is 1. The van der Waals surface area contributed by atoms with E-state index in [1.807, 2.05) is 29.5 Å². The summed E-state index contributed by atoms with van der Waals surface area (Å²) in [7, 11) is 1.91. The Morgan fingerprint density at radius 1 is 1.46 bits per heavy atom. The molecule has 0 spiro atoms. The molecular weight excluding hydrogens is 304 g/mol. The van der Waals surface area contributed by atoms with Crippen LogP contribution in [0.1, 0.15) is 40.3 Å². The largest absolute Gasteiger partial charge is 0.459 e. The lowest BCUT2D eigenvalue weighted by molar-refractivity contribution is 0.0672. The highest BCUT2D eigenvalue weighted by Crippen LogP contribution is 2.17. The molecule has 3 heterocycles. The summed E-state index contributed by atoms with van der Waals surface area (Å²) < 4.78 is 7.10. The van der Waals surface area contributed by atoms with Gasteiger partial charge in [0.15, 0.2) is 5.76 Å². The number of rotatable bonds is 4. The SMILES string of the molecule is Cc1c(CNC2CCN(C(=O)c3ccco3)CC2)cc(C#N)n1C. The van der Waals surface area contributed by atoms with E-state index in [0.717, 1.165) is 43.7 Å². The van der Waals surface area contributed by atoms with E-state index >= 15 is 0 Å². The van der Waals surface area contributed by atoms with Crippen LogP contribution >= 0.6 is 0 Å². The number of carbonyl (C=O) groups excluding carboxylic acids is 1. The first-order valence-electron chi connectivity index (χ1n) is 8.21. The van der Waals surface area contributed by atoms with Crippen molar-refractivity contribution in [1.29, 1.82) is 5.26 Å². The van der Waals surface area contributed by atoms with Crippen LogP contribution in [0.15, 0.2) is 28.9 Å². The zero-order valence-electron chi connectivity index (χ0n) is 14.1. The van der Waals surface area contributed by atoms with Gasteiger partial charge in [0.25, 0.3) is 5.91 Å². The van der Waals surface area contributed by atoms with Crippen molar-refractivity contribution < 1.29 is 9.21 Å². The van der Waals surface area contributed by atoms with Gasteiger partial charge in [-0.05, 0) is 43.5 Å². The number of nitrogens with zero attached hydrogens (tertiary/aromatic N) is 3. The van der Waals surface area contributed by atoms with Gasteiger partial charge in [0, 0.05) is 38.4 Å². The lowest BCUT2D eigenvalue weighted by Gasteiger charge is -2.32. The summed E-state index contributed by atoms with van der Waals surface area (Å²) in [5.74, 6) is 0.376. The molecule has 0 saturated carbocycles. The zero-order chi connectivity index (χ0) is 17.1. The zero-order valence-corrected chi connectivity index (χ0v) is 14.1. The summed E-state index contributed by atoms with van der Waals surface area (Å²) in [5, 5.41) is 12.6. The van der Waals surface area contributed by atoms with Crippen LogP contribution in [0.2, 0.25) is 0 Å². The van der Waals surface area contributed by atoms with Crippen LogP contribution in [0.3, 0.4) is 0 Å². The predicted molar refractivity (Wildman–Crippen MR) is 89.3 cm³/mol. The normalized spacial score (nSPS) is 15.5. The highest BCUT2D eigenvalue weighted by Gasteiger charge is 2.24. The van der Waals surface area contributed by atoms with Gasteiger partial charge in [0.05, 0.1) is 6.26 Å². The van der Waals surface area contributed by atoms with Crippen molar-refractivity contribution in [2.45, 2.75) is 32.4 Å². The Kier molecular flexibility index (Phi) is 4.72. The molecule has 24 heavy (non-hydrogen) atoms. The molecule has 0 unspecified atom stereocenters. The molecule has 6 nitrogen and oxygen atoms in total. The molecule has 0 aliphatic carbocycles. The minimum atomic E-state index is -0.0315. The predicted octanol–water partition coefficient (Wildman–Crippen LogP) is 2.19. The molecule has 1 fully saturated rings. The third-order valence-corrected chi connectivity index (χ3v) is 4.85. The lowest BCUT2D eigenvalue weighted by atomic mass is 10.0. The number of hydrogen-bond donors (Lipinski definition) is 1. The fourth-order valence-corrected chi connectivity index (χ4v) is 3.15. The summed E-state index contributed by atoms with van der Waals surface area (Å²) in [4.78, 5) is 14.1. The number of nitriles is 1. The van der Waals surface area contributed by atoms with Crippen molar-refractivity contribution >= 4 is 5.91 Å². The fourth-order valence-electron chi connectivity index (χ4n) is 3.15. The number of nitrogens with one attached hydrogen (secondary N) is 1. The Morgan fingerprint density at radius 3 is 2.79 bits per heavy atom. The van der Waals surface area contributed by atoms with Gasteiger partial charge in [-0.3, -0.25) is 4.79 Å². The number of aromatic nitrogens is 1. The van der Waals surface area contributed by atoms with Crippen molar-refractivity contribution in [3.8, 4) is 6.07 Å². The third kappa shape index (κ3) is 3.22. The molecule has 2 aromatic rings. The summed E-state index contributed by atoms with van der Waals surface area (Å²) >= 11 is 0. The Morgan fingerprint density at radius 2 is 2.21 bits per heavy atom. The van der Waals surface area contributed by atoms with E-state index in [4.69, 9.17) is 9.68 Å². The van der Waals surface area contributed by atoms with Gasteiger partial charge in [0.2, 0.25) is 0 Å². The second-order valence-electron chi connectivity index (χ2n) is 6.24. The van der Waals surface area contributed by atoms with Gasteiger partial charge >= 0.3 is 0 Å². The van der Waals surface area contributed by atoms with Crippen LogP contribution in [0.4, 0.5) is 0 Å². The summed E-state index contributed by atoms with van der Waals surface area (Å²) in [5.41, 5.74) is 2.95. The first-order valence-corrected chi connectivity index (χ1v) is 8.21. The summed E-state index contributed by atoms with van der Waals surface area (Å²) in [6, 6.07) is 7.98. The van der Waals surface area contributed by atoms with E-state index < -0.39 is 0 Å². The fraction of sp³-hybridized carbons (Fsp3) is 0.444. The third-order valence-electron chi connectivity index (χ3n) is 4.85. The van der Waals surface area contributed by atoms with Gasteiger partial charge < -0.3 is 19.2 Å². The highest BCUT2D eigenvalue weighted by molar-refractivity contribution is 5.91. The maximum Gasteiger partial charge on any atom is 0.289 e. The highest BCUT2D eigenvalue weighted by atomic mass is 16.3. The molecular formula is C18H22N4O2. The Bertz CT molecular complexity index is 747. The van der Waals surface area contributed by atoms with Crippen LogP contribution in [-0.2, 0) is 13.6 Å². The Balaban J connectivity index is 1.51. The molecule has 1 amide bonds. The van der Waals surface area contributed by atoms with Crippen LogP contribution in [0.25, 0.3) is 0 Å². The van der Waals surface area contributed by atoms with Gasteiger partial charge in [-0.1, -0.05) is 0 Å². The molecule has 1 aliphatic heterocycles. The minimum absolute atomic E-state index is 0.0315. The van der Waals surface area contributed by atoms with Crippen molar-refractivity contribution in [1.82, 2.24) is 14.8 Å². The number of furan rings is 1. The van der Waals surface area contributed by atoms with E-state index in [1.54, 1.807) is 12.1 Å². The number of carbonyl (C=O) groups is 1. The molecule has 3 rings (SSSR count). The second-order valence-corrected chi connectivity index (χ2v) is 6.24. The Labute approximate surface area is 141 Å². The second kappa shape index (κ2) is 6.93. The van der Waals surface area contributed by atoms with Gasteiger partial charge in [-0.25, -0.2) is 0 Å². The van der Waals surface area contributed by atoms with Crippen molar-refractivity contribution in [3.05, 3.63) is 47.2 Å². The van der Waals surface area contributed by atoms with E-state index in [1.165, 1.54) is 6.26 Å². The van der Waals surface area contributed by atoms with E-state index in [9.17, 15) is 4.79 Å². The van der Waals surface area contributed by atoms with E-state index in [0.29, 0.717) is 17.5 Å². The quantitative estimate of drug-likeness (QED) is 0.934. The first kappa shape index (κ1) is 16.3. The molecule has 0 bridgehead atoms. The smallest absolute Gasteiger partial charge is 0.289 e. The minimum Gasteiger partial charge on any atom is -0.459 e. The number of amides is 1. The summed E-state index contributed by atoms with van der Waals surface area (Å²) in [6.07, 6.45) is 3.37. The van der Waals surface area contributed by atoms with Crippen LogP contribution in [0, 0.1) is 18.3 Å². The van der Waals surface area contributed by atoms with Gasteiger partial charge in [-0.15, -0.1) is 0 Å². The van der Waals surface area contributed by atoms with Crippen LogP contribution in [-0.4, -0.2) is 34.5 Å². The van der Waals surface area contributed by atoms with E-state index in [-0.39, 0.29) is 5.91 Å².